The third-order valence-electron chi connectivity index (χ3n) is 4.55. The molecule has 2 atom stereocenters. The average molecular weight is 385 g/mol. The summed E-state index contributed by atoms with van der Waals surface area (Å²) in [7, 11) is 0. The first-order chi connectivity index (χ1) is 13.3. The number of benzene rings is 1. The summed E-state index contributed by atoms with van der Waals surface area (Å²) in [5.74, 6) is 0.524. The standard InChI is InChI=1S/C19H25N5O.CH2O2/c1-13-8-15(23-12-19(2,3)25)11-24(10-13)16-5-4-14(9-20)17-18(16)22-7-6-21-17;2-1-3/h4-7,13,15,23,25H,8,10-12H2,1-3H3;1H,(H,2,3)/t13-,15+;/m0./s1. The fraction of sp³-hybridized carbons (Fsp3) is 0.500. The maximum absolute atomic E-state index is 9.97. The Morgan fingerprint density at radius 1 is 1.32 bits per heavy atom. The van der Waals surface area contributed by atoms with Crippen molar-refractivity contribution in [2.45, 2.75) is 38.8 Å². The first kappa shape index (κ1) is 21.5. The topological polar surface area (TPSA) is 122 Å². The SMILES string of the molecule is C[C@H]1C[C@@H](NCC(C)(C)O)CN(c2ccc(C#N)c3nccnc23)C1.O=CO. The Hall–Kier alpha value is -2.76. The summed E-state index contributed by atoms with van der Waals surface area (Å²) >= 11 is 0. The summed E-state index contributed by atoms with van der Waals surface area (Å²) < 4.78 is 0. The molecular formula is C20H27N5O3. The van der Waals surface area contributed by atoms with Gasteiger partial charge in [-0.2, -0.15) is 5.26 Å². The number of aromatic nitrogens is 2. The smallest absolute Gasteiger partial charge is 0.290 e. The predicted molar refractivity (Wildman–Crippen MR) is 107 cm³/mol. The lowest BCUT2D eigenvalue weighted by atomic mass is 9.94. The Bertz CT molecular complexity index is 844. The minimum atomic E-state index is -0.724. The van der Waals surface area contributed by atoms with Gasteiger partial charge in [0.25, 0.3) is 6.47 Å². The summed E-state index contributed by atoms with van der Waals surface area (Å²) in [4.78, 5) is 19.5. The van der Waals surface area contributed by atoms with Crippen molar-refractivity contribution in [3.8, 4) is 6.07 Å². The van der Waals surface area contributed by atoms with Gasteiger partial charge in [0.05, 0.1) is 16.9 Å². The van der Waals surface area contributed by atoms with E-state index in [1.807, 2.05) is 26.0 Å². The highest BCUT2D eigenvalue weighted by atomic mass is 16.3. The van der Waals surface area contributed by atoms with Gasteiger partial charge in [0.15, 0.2) is 0 Å². The number of carboxylic acid groups (broad SMARTS) is 1. The summed E-state index contributed by atoms with van der Waals surface area (Å²) in [6.45, 7) is 7.96. The fourth-order valence-corrected chi connectivity index (χ4v) is 3.48. The molecular weight excluding hydrogens is 358 g/mol. The molecule has 1 aromatic carbocycles. The minimum Gasteiger partial charge on any atom is -0.483 e. The third kappa shape index (κ3) is 5.62. The zero-order valence-corrected chi connectivity index (χ0v) is 16.5. The second kappa shape index (κ2) is 9.44. The van der Waals surface area contributed by atoms with Crippen LogP contribution >= 0.6 is 0 Å². The van der Waals surface area contributed by atoms with Gasteiger partial charge in [-0.25, -0.2) is 0 Å². The summed E-state index contributed by atoms with van der Waals surface area (Å²) in [5.41, 5.74) is 2.27. The molecule has 0 radical (unpaired) electrons. The van der Waals surface area contributed by atoms with E-state index in [0.717, 1.165) is 30.7 Å². The van der Waals surface area contributed by atoms with E-state index in [1.165, 1.54) is 0 Å². The Balaban J connectivity index is 0.000000878. The largest absolute Gasteiger partial charge is 0.483 e. The maximum atomic E-state index is 9.97. The maximum Gasteiger partial charge on any atom is 0.290 e. The number of anilines is 1. The third-order valence-corrected chi connectivity index (χ3v) is 4.55. The number of aliphatic hydroxyl groups is 1. The molecule has 0 bridgehead atoms. The van der Waals surface area contributed by atoms with Crippen LogP contribution in [0.3, 0.4) is 0 Å². The normalized spacial score (nSPS) is 19.5. The van der Waals surface area contributed by atoms with Crippen molar-refractivity contribution in [1.82, 2.24) is 15.3 Å². The van der Waals surface area contributed by atoms with Crippen LogP contribution in [-0.2, 0) is 4.79 Å². The lowest BCUT2D eigenvalue weighted by Crippen LogP contribution is -2.51. The summed E-state index contributed by atoms with van der Waals surface area (Å²) in [5, 5.41) is 29.6. The predicted octanol–water partition coefficient (Wildman–Crippen LogP) is 1.78. The van der Waals surface area contributed by atoms with Gasteiger partial charge < -0.3 is 20.4 Å². The Labute approximate surface area is 164 Å². The number of nitriles is 1. The van der Waals surface area contributed by atoms with Gasteiger partial charge in [-0.05, 0) is 38.3 Å². The van der Waals surface area contributed by atoms with Gasteiger partial charge in [0.1, 0.15) is 17.1 Å². The summed E-state index contributed by atoms with van der Waals surface area (Å²) in [6, 6.07) is 6.29. The van der Waals surface area contributed by atoms with Crippen LogP contribution in [0.5, 0.6) is 0 Å². The van der Waals surface area contributed by atoms with E-state index in [9.17, 15) is 10.4 Å². The molecule has 1 aliphatic rings. The van der Waals surface area contributed by atoms with Crippen LogP contribution in [-0.4, -0.2) is 57.9 Å². The number of nitrogens with zero attached hydrogens (tertiary/aromatic N) is 4. The number of fused-ring (bicyclic) bond motifs is 1. The monoisotopic (exact) mass is 385 g/mol. The van der Waals surface area contributed by atoms with E-state index >= 15 is 0 Å². The lowest BCUT2D eigenvalue weighted by Gasteiger charge is -2.39. The van der Waals surface area contributed by atoms with Gasteiger partial charge in [-0.1, -0.05) is 6.92 Å². The molecule has 1 fully saturated rings. The van der Waals surface area contributed by atoms with Gasteiger partial charge in [0, 0.05) is 38.1 Å². The fourth-order valence-electron chi connectivity index (χ4n) is 3.48. The van der Waals surface area contributed by atoms with Crippen molar-refractivity contribution in [2.24, 2.45) is 5.92 Å². The molecule has 1 aliphatic heterocycles. The first-order valence-corrected chi connectivity index (χ1v) is 9.21. The van der Waals surface area contributed by atoms with E-state index in [2.05, 4.69) is 33.2 Å². The Morgan fingerprint density at radius 2 is 1.96 bits per heavy atom. The molecule has 1 saturated heterocycles. The second-order valence-corrected chi connectivity index (χ2v) is 7.74. The molecule has 2 aromatic rings. The molecule has 0 aliphatic carbocycles. The highest BCUT2D eigenvalue weighted by Crippen LogP contribution is 2.30. The molecule has 0 spiro atoms. The molecule has 3 N–H and O–H groups in total. The number of hydrogen-bond acceptors (Lipinski definition) is 7. The van der Waals surface area contributed by atoms with Crippen molar-refractivity contribution in [3.05, 3.63) is 30.1 Å². The van der Waals surface area contributed by atoms with Crippen LogP contribution in [0.4, 0.5) is 5.69 Å². The van der Waals surface area contributed by atoms with E-state index in [0.29, 0.717) is 29.6 Å². The zero-order valence-electron chi connectivity index (χ0n) is 16.5. The average Bonchev–Trinajstić information content (AvgIpc) is 2.65. The van der Waals surface area contributed by atoms with E-state index < -0.39 is 5.60 Å². The van der Waals surface area contributed by atoms with Crippen LogP contribution in [0.2, 0.25) is 0 Å². The minimum absolute atomic E-state index is 0.250. The highest BCUT2D eigenvalue weighted by molar-refractivity contribution is 5.92. The molecule has 2 heterocycles. The highest BCUT2D eigenvalue weighted by Gasteiger charge is 2.27. The Morgan fingerprint density at radius 3 is 2.57 bits per heavy atom. The van der Waals surface area contributed by atoms with Crippen LogP contribution in [0.1, 0.15) is 32.8 Å². The van der Waals surface area contributed by atoms with Crippen LogP contribution < -0.4 is 10.2 Å². The van der Waals surface area contributed by atoms with Crippen LogP contribution in [0.25, 0.3) is 11.0 Å². The van der Waals surface area contributed by atoms with Gasteiger partial charge in [0.2, 0.25) is 0 Å². The molecule has 0 saturated carbocycles. The quantitative estimate of drug-likeness (QED) is 0.681. The number of rotatable bonds is 4. The number of hydrogen-bond donors (Lipinski definition) is 3. The second-order valence-electron chi connectivity index (χ2n) is 7.74. The van der Waals surface area contributed by atoms with Crippen molar-refractivity contribution < 1.29 is 15.0 Å². The van der Waals surface area contributed by atoms with Gasteiger partial charge in [-0.15, -0.1) is 0 Å². The van der Waals surface area contributed by atoms with E-state index in [1.54, 1.807) is 12.4 Å². The molecule has 8 heteroatoms. The van der Waals surface area contributed by atoms with Crippen molar-refractivity contribution in [1.29, 1.82) is 5.26 Å². The zero-order chi connectivity index (χ0) is 20.7. The number of nitrogens with one attached hydrogen (secondary N) is 1. The molecule has 0 unspecified atom stereocenters. The van der Waals surface area contributed by atoms with E-state index in [-0.39, 0.29) is 6.47 Å². The van der Waals surface area contributed by atoms with Crippen LogP contribution in [0, 0.1) is 17.2 Å². The van der Waals surface area contributed by atoms with Gasteiger partial charge in [-0.3, -0.25) is 14.8 Å². The van der Waals surface area contributed by atoms with Crippen LogP contribution in [0.15, 0.2) is 24.5 Å². The van der Waals surface area contributed by atoms with Crippen molar-refractivity contribution >= 4 is 23.2 Å². The molecule has 0 amide bonds. The summed E-state index contributed by atoms with van der Waals surface area (Å²) in [6.07, 6.45) is 4.37. The molecule has 1 aromatic heterocycles. The number of piperidine rings is 1. The van der Waals surface area contributed by atoms with Crippen molar-refractivity contribution in [2.75, 3.05) is 24.5 Å². The van der Waals surface area contributed by atoms with Gasteiger partial charge >= 0.3 is 0 Å². The van der Waals surface area contributed by atoms with Crippen molar-refractivity contribution in [3.63, 3.8) is 0 Å². The molecule has 150 valence electrons. The molecule has 8 nitrogen and oxygen atoms in total. The lowest BCUT2D eigenvalue weighted by molar-refractivity contribution is -0.122. The number of carbonyl (C=O) groups is 1. The Kier molecular flexibility index (Phi) is 7.26. The van der Waals surface area contributed by atoms with E-state index in [4.69, 9.17) is 9.90 Å². The first-order valence-electron chi connectivity index (χ1n) is 9.21. The molecule has 3 rings (SSSR count). The molecule has 28 heavy (non-hydrogen) atoms.